The first-order chi connectivity index (χ1) is 10.8. The van der Waals surface area contributed by atoms with Crippen molar-refractivity contribution in [2.45, 2.75) is 25.9 Å². The summed E-state index contributed by atoms with van der Waals surface area (Å²) >= 11 is 0. The van der Waals surface area contributed by atoms with Gasteiger partial charge in [-0.1, -0.05) is 25.5 Å². The molecule has 116 valence electrons. The zero-order chi connectivity index (χ0) is 15.4. The third-order valence-electron chi connectivity index (χ3n) is 3.52. The summed E-state index contributed by atoms with van der Waals surface area (Å²) in [6.45, 7) is 2.88. The maximum atomic E-state index is 12.2. The lowest BCUT2D eigenvalue weighted by Crippen LogP contribution is -2.40. The first-order valence-electron chi connectivity index (χ1n) is 7.47. The van der Waals surface area contributed by atoms with Gasteiger partial charge in [0.15, 0.2) is 11.5 Å². The molecule has 6 nitrogen and oxygen atoms in total. The van der Waals surface area contributed by atoms with E-state index in [2.05, 4.69) is 22.4 Å². The zero-order valence-corrected chi connectivity index (χ0v) is 12.5. The average Bonchev–Trinajstić information content (AvgIpc) is 3.01. The Balaban J connectivity index is 1.57. The Kier molecular flexibility index (Phi) is 4.27. The van der Waals surface area contributed by atoms with E-state index in [9.17, 15) is 4.79 Å². The van der Waals surface area contributed by atoms with Crippen LogP contribution in [0, 0.1) is 0 Å². The highest BCUT2D eigenvalue weighted by Crippen LogP contribution is 2.30. The summed E-state index contributed by atoms with van der Waals surface area (Å²) in [5.41, 5.74) is 1.46. The van der Waals surface area contributed by atoms with Gasteiger partial charge in [0.2, 0.25) is 0 Å². The van der Waals surface area contributed by atoms with Crippen LogP contribution in [0.25, 0.3) is 0 Å². The number of carbonyl (C=O) groups excluding carboxylic acids is 1. The van der Waals surface area contributed by atoms with Gasteiger partial charge in [-0.2, -0.15) is 5.10 Å². The zero-order valence-electron chi connectivity index (χ0n) is 12.5. The van der Waals surface area contributed by atoms with E-state index < -0.39 is 0 Å². The molecule has 0 saturated heterocycles. The minimum absolute atomic E-state index is 0.139. The lowest BCUT2D eigenvalue weighted by Gasteiger charge is -2.26. The molecule has 1 atom stereocenters. The number of rotatable bonds is 5. The molecule has 22 heavy (non-hydrogen) atoms. The van der Waals surface area contributed by atoms with Gasteiger partial charge < -0.3 is 14.8 Å². The number of nitrogens with zero attached hydrogens (tertiary/aromatic N) is 1. The van der Waals surface area contributed by atoms with E-state index in [-0.39, 0.29) is 12.0 Å². The van der Waals surface area contributed by atoms with E-state index in [0.29, 0.717) is 24.5 Å². The van der Waals surface area contributed by atoms with Gasteiger partial charge in [-0.25, -0.2) is 0 Å². The van der Waals surface area contributed by atoms with Crippen molar-refractivity contribution in [2.24, 2.45) is 0 Å². The summed E-state index contributed by atoms with van der Waals surface area (Å²) in [7, 11) is 0. The van der Waals surface area contributed by atoms with Crippen LogP contribution in [-0.4, -0.2) is 35.4 Å². The lowest BCUT2D eigenvalue weighted by atomic mass is 10.1. The summed E-state index contributed by atoms with van der Waals surface area (Å²) in [5.74, 6) is 1.31. The summed E-state index contributed by atoms with van der Waals surface area (Å²) in [6, 6.07) is 7.52. The van der Waals surface area contributed by atoms with Crippen molar-refractivity contribution in [2.75, 3.05) is 13.2 Å². The fraction of sp³-hybridized carbons (Fsp3) is 0.375. The van der Waals surface area contributed by atoms with E-state index in [4.69, 9.17) is 9.47 Å². The van der Waals surface area contributed by atoms with Crippen LogP contribution in [0.3, 0.4) is 0 Å². The summed E-state index contributed by atoms with van der Waals surface area (Å²) in [5, 5.41) is 9.70. The second-order valence-electron chi connectivity index (χ2n) is 5.22. The minimum Gasteiger partial charge on any atom is -0.486 e. The van der Waals surface area contributed by atoms with E-state index in [1.54, 1.807) is 6.20 Å². The van der Waals surface area contributed by atoms with Crippen LogP contribution >= 0.6 is 0 Å². The number of para-hydroxylation sites is 2. The molecule has 0 fully saturated rings. The van der Waals surface area contributed by atoms with Crippen molar-refractivity contribution in [3.05, 3.63) is 41.7 Å². The number of benzene rings is 1. The third-order valence-corrected chi connectivity index (χ3v) is 3.52. The average molecular weight is 301 g/mol. The van der Waals surface area contributed by atoms with Gasteiger partial charge in [-0.3, -0.25) is 9.89 Å². The fourth-order valence-corrected chi connectivity index (χ4v) is 2.41. The molecule has 0 spiro atoms. The predicted octanol–water partition coefficient (Wildman–Crippen LogP) is 1.93. The minimum atomic E-state index is -0.194. The first kappa shape index (κ1) is 14.4. The first-order valence-corrected chi connectivity index (χ1v) is 7.47. The summed E-state index contributed by atoms with van der Waals surface area (Å²) in [6.07, 6.45) is 3.13. The Labute approximate surface area is 128 Å². The van der Waals surface area contributed by atoms with Crippen molar-refractivity contribution in [1.29, 1.82) is 0 Å². The fourth-order valence-electron chi connectivity index (χ4n) is 2.41. The highest BCUT2D eigenvalue weighted by atomic mass is 16.6. The molecular formula is C16H19N3O3. The number of carbonyl (C=O) groups is 1. The highest BCUT2D eigenvalue weighted by molar-refractivity contribution is 5.95. The predicted molar refractivity (Wildman–Crippen MR) is 81.3 cm³/mol. The number of fused-ring (bicyclic) bond motifs is 1. The molecular weight excluding hydrogens is 282 g/mol. The molecule has 0 unspecified atom stereocenters. The molecule has 2 aromatic rings. The number of aryl methyl sites for hydroxylation is 1. The lowest BCUT2D eigenvalue weighted by molar-refractivity contribution is 0.0788. The Morgan fingerprint density at radius 2 is 2.23 bits per heavy atom. The Morgan fingerprint density at radius 1 is 1.41 bits per heavy atom. The Morgan fingerprint density at radius 3 is 3.05 bits per heavy atom. The van der Waals surface area contributed by atoms with Crippen molar-refractivity contribution in [1.82, 2.24) is 15.5 Å². The standard InChI is InChI=1S/C16H19N3O3/c1-2-5-13-12(9-18-19-13)16(20)17-8-11-10-21-14-6-3-4-7-15(14)22-11/h3-4,6-7,9,11H,2,5,8,10H2,1H3,(H,17,20)(H,18,19)/t11-/m0/s1. The van der Waals surface area contributed by atoms with E-state index in [0.717, 1.165) is 24.3 Å². The second-order valence-corrected chi connectivity index (χ2v) is 5.22. The van der Waals surface area contributed by atoms with Crippen LogP contribution in [0.2, 0.25) is 0 Å². The quantitative estimate of drug-likeness (QED) is 0.885. The molecule has 0 radical (unpaired) electrons. The molecule has 2 heterocycles. The monoisotopic (exact) mass is 301 g/mol. The van der Waals surface area contributed by atoms with E-state index in [1.165, 1.54) is 0 Å². The number of aromatic amines is 1. The molecule has 1 aromatic heterocycles. The number of hydrogen-bond donors (Lipinski definition) is 2. The Hall–Kier alpha value is -2.50. The molecule has 0 saturated carbocycles. The van der Waals surface area contributed by atoms with Crippen LogP contribution in [0.4, 0.5) is 0 Å². The maximum absolute atomic E-state index is 12.2. The molecule has 1 aliphatic heterocycles. The van der Waals surface area contributed by atoms with Gasteiger partial charge in [0, 0.05) is 5.69 Å². The smallest absolute Gasteiger partial charge is 0.254 e. The van der Waals surface area contributed by atoms with Crippen LogP contribution in [-0.2, 0) is 6.42 Å². The number of nitrogens with one attached hydrogen (secondary N) is 2. The van der Waals surface area contributed by atoms with Gasteiger partial charge in [0.1, 0.15) is 12.7 Å². The molecule has 1 aromatic carbocycles. The number of ether oxygens (including phenoxy) is 2. The molecule has 1 amide bonds. The molecule has 0 aliphatic carbocycles. The third kappa shape index (κ3) is 3.05. The van der Waals surface area contributed by atoms with Gasteiger partial charge in [-0.05, 0) is 18.6 Å². The molecule has 6 heteroatoms. The van der Waals surface area contributed by atoms with Crippen LogP contribution in [0.15, 0.2) is 30.5 Å². The van der Waals surface area contributed by atoms with Crippen molar-refractivity contribution in [3.8, 4) is 11.5 Å². The highest BCUT2D eigenvalue weighted by Gasteiger charge is 2.22. The van der Waals surface area contributed by atoms with Crippen molar-refractivity contribution >= 4 is 5.91 Å². The topological polar surface area (TPSA) is 76.2 Å². The number of H-pyrrole nitrogens is 1. The number of amides is 1. The summed E-state index contributed by atoms with van der Waals surface area (Å²) in [4.78, 5) is 12.2. The normalized spacial score (nSPS) is 16.3. The number of hydrogen-bond acceptors (Lipinski definition) is 4. The van der Waals surface area contributed by atoms with Crippen LogP contribution < -0.4 is 14.8 Å². The van der Waals surface area contributed by atoms with Crippen molar-refractivity contribution < 1.29 is 14.3 Å². The van der Waals surface area contributed by atoms with E-state index in [1.807, 2.05) is 24.3 Å². The van der Waals surface area contributed by atoms with Crippen molar-refractivity contribution in [3.63, 3.8) is 0 Å². The van der Waals surface area contributed by atoms with Gasteiger partial charge in [0.25, 0.3) is 5.91 Å². The Bertz CT molecular complexity index is 654. The van der Waals surface area contributed by atoms with Gasteiger partial charge >= 0.3 is 0 Å². The molecule has 0 bridgehead atoms. The van der Waals surface area contributed by atoms with Crippen LogP contribution in [0.1, 0.15) is 29.4 Å². The molecule has 3 rings (SSSR count). The SMILES string of the molecule is CCCc1[nH]ncc1C(=O)NC[C@H]1COc2ccccc2O1. The molecule has 2 N–H and O–H groups in total. The largest absolute Gasteiger partial charge is 0.486 e. The second kappa shape index (κ2) is 6.51. The molecule has 1 aliphatic rings. The van der Waals surface area contributed by atoms with Crippen LogP contribution in [0.5, 0.6) is 11.5 Å². The van der Waals surface area contributed by atoms with E-state index >= 15 is 0 Å². The van der Waals surface area contributed by atoms with Gasteiger partial charge in [0.05, 0.1) is 18.3 Å². The number of aromatic nitrogens is 2. The van der Waals surface area contributed by atoms with Gasteiger partial charge in [-0.15, -0.1) is 0 Å². The summed E-state index contributed by atoms with van der Waals surface area (Å²) < 4.78 is 11.4. The maximum Gasteiger partial charge on any atom is 0.254 e.